The molecule has 8 nitrogen and oxygen atoms in total. The Morgan fingerprint density at radius 3 is 1.93 bits per heavy atom. The summed E-state index contributed by atoms with van der Waals surface area (Å²) in [6.45, 7) is 15.6. The molecule has 0 amide bonds. The molecule has 1 aromatic rings. The normalized spacial score (nSPS) is 30.8. The van der Waals surface area contributed by atoms with Crippen molar-refractivity contribution in [1.82, 2.24) is 0 Å². The second kappa shape index (κ2) is 29.7. The van der Waals surface area contributed by atoms with Crippen molar-refractivity contribution in [3.05, 3.63) is 41.5 Å². The minimum Gasteiger partial charge on any atom is -0.466 e. The first-order chi connectivity index (χ1) is 36.3. The van der Waals surface area contributed by atoms with Crippen molar-refractivity contribution in [3.8, 4) is 5.75 Å². The molecule has 1 aromatic carbocycles. The van der Waals surface area contributed by atoms with Crippen LogP contribution in [0.5, 0.6) is 5.75 Å². The third-order valence-corrected chi connectivity index (χ3v) is 21.1. The highest BCUT2D eigenvalue weighted by Crippen LogP contribution is 2.67. The van der Waals surface area contributed by atoms with E-state index >= 15 is 0 Å². The lowest BCUT2D eigenvalue weighted by Crippen LogP contribution is -2.51. The van der Waals surface area contributed by atoms with E-state index in [0.29, 0.717) is 29.9 Å². The molecule has 0 spiro atoms. The highest BCUT2D eigenvalue weighted by molar-refractivity contribution is 5.89. The number of carbonyl (C=O) groups excluding carboxylic acids is 4. The van der Waals surface area contributed by atoms with E-state index in [1.165, 1.54) is 108 Å². The smallest absolute Gasteiger partial charge is 0.338 e. The molecule has 0 bridgehead atoms. The van der Waals surface area contributed by atoms with Crippen LogP contribution in [-0.4, -0.2) is 43.2 Å². The van der Waals surface area contributed by atoms with Gasteiger partial charge in [-0.3, -0.25) is 14.4 Å². The molecule has 422 valence electrons. The molecule has 0 N–H and O–H groups in total. The van der Waals surface area contributed by atoms with Crippen LogP contribution in [0.3, 0.4) is 0 Å². The average molecular weight is 1040 g/mol. The van der Waals surface area contributed by atoms with Crippen LogP contribution in [0.25, 0.3) is 0 Å². The van der Waals surface area contributed by atoms with Crippen LogP contribution in [0.2, 0.25) is 0 Å². The van der Waals surface area contributed by atoms with Crippen LogP contribution in [0, 0.1) is 70.0 Å². The van der Waals surface area contributed by atoms with E-state index in [4.69, 9.17) is 18.9 Å². The lowest BCUT2D eigenvalue weighted by Gasteiger charge is -2.58. The van der Waals surface area contributed by atoms with Gasteiger partial charge in [-0.15, -0.1) is 0 Å². The quantitative estimate of drug-likeness (QED) is 0.0257. The highest BCUT2D eigenvalue weighted by Gasteiger charge is 2.59. The number of fused-ring (bicyclic) bond motifs is 5. The predicted molar refractivity (Wildman–Crippen MR) is 302 cm³/mol. The molecule has 75 heavy (non-hydrogen) atoms. The standard InChI is InChI=1S/C67H106O8/c1-7-8-16-22-50-23-25-51(26-24-50)52-27-29-54(30-28-52)65(71)75-56-34-31-53(32-35-56)64(70)73-46-18-15-13-11-9-10-12-14-17-45-72-62(68)39-40-63(69)74-57-41-43-66(5)55(47-57)33-36-58-60-38-37-59(49(4)21-19-20-48(2)3)67(60,6)44-42-61(58)66/h31-35,48-52,54,57-61H,7-30,36-47H2,1-6H3/t49?,50?,51?,52?,54?,57-,58?,59+,60?,61?,66-,67+/m0/s1. The van der Waals surface area contributed by atoms with Crippen LogP contribution in [0.4, 0.5) is 0 Å². The molecule has 5 saturated carbocycles. The van der Waals surface area contributed by atoms with Crippen molar-refractivity contribution in [3.63, 3.8) is 0 Å². The summed E-state index contributed by atoms with van der Waals surface area (Å²) < 4.78 is 22.8. The van der Waals surface area contributed by atoms with Crippen molar-refractivity contribution in [2.24, 2.45) is 70.0 Å². The summed E-state index contributed by atoms with van der Waals surface area (Å²) in [7, 11) is 0. The monoisotopic (exact) mass is 1040 g/mol. The fraction of sp³-hybridized carbons (Fsp3) is 0.821. The van der Waals surface area contributed by atoms with Crippen LogP contribution in [0.1, 0.15) is 270 Å². The van der Waals surface area contributed by atoms with Gasteiger partial charge in [0.15, 0.2) is 0 Å². The van der Waals surface area contributed by atoms with Gasteiger partial charge in [-0.2, -0.15) is 0 Å². The number of benzene rings is 1. The van der Waals surface area contributed by atoms with Gasteiger partial charge in [-0.25, -0.2) is 4.79 Å². The van der Waals surface area contributed by atoms with Crippen molar-refractivity contribution in [2.75, 3.05) is 13.2 Å². The number of hydrogen-bond donors (Lipinski definition) is 0. The van der Waals surface area contributed by atoms with E-state index < -0.39 is 0 Å². The van der Waals surface area contributed by atoms with Crippen LogP contribution in [-0.2, 0) is 28.6 Å². The molecule has 0 heterocycles. The predicted octanol–water partition coefficient (Wildman–Crippen LogP) is 17.7. The van der Waals surface area contributed by atoms with Gasteiger partial charge < -0.3 is 18.9 Å². The van der Waals surface area contributed by atoms with Gasteiger partial charge in [0.25, 0.3) is 0 Å². The topological polar surface area (TPSA) is 105 Å². The zero-order valence-electron chi connectivity index (χ0n) is 48.5. The van der Waals surface area contributed by atoms with Gasteiger partial charge in [0, 0.05) is 6.42 Å². The van der Waals surface area contributed by atoms with E-state index in [9.17, 15) is 19.2 Å². The molecule has 4 unspecified atom stereocenters. The molecule has 6 aliphatic carbocycles. The molecule has 0 saturated heterocycles. The fourth-order valence-corrected chi connectivity index (χ4v) is 16.5. The minimum absolute atomic E-state index is 0.0306. The SMILES string of the molecule is CCCCCC1CCC(C2CCC(C(=O)Oc3ccc(C(=O)OCCCCCCCCCCCOC(=O)CCC(=O)O[C@H]4CC[C@@]5(C)C(=CCC6C5CC[C@@]5(C)C6CC[C@@H]5C(C)CCCC(C)C)C4)cc3)CC2)CC1. The summed E-state index contributed by atoms with van der Waals surface area (Å²) in [5, 5.41) is 0. The Bertz CT molecular complexity index is 1940. The fourth-order valence-electron chi connectivity index (χ4n) is 16.5. The van der Waals surface area contributed by atoms with Crippen molar-refractivity contribution in [1.29, 1.82) is 0 Å². The zero-order chi connectivity index (χ0) is 53.2. The summed E-state index contributed by atoms with van der Waals surface area (Å²) in [5.41, 5.74) is 2.72. The average Bonchev–Trinajstić information content (AvgIpc) is 3.80. The lowest BCUT2D eigenvalue weighted by atomic mass is 9.47. The molecular formula is C67H106O8. The number of esters is 4. The Hall–Kier alpha value is -3.16. The first-order valence-electron chi connectivity index (χ1n) is 31.8. The van der Waals surface area contributed by atoms with Crippen LogP contribution in [0.15, 0.2) is 35.9 Å². The molecular weight excluding hydrogens is 933 g/mol. The van der Waals surface area contributed by atoms with E-state index in [1.54, 1.807) is 24.3 Å². The number of allylic oxidation sites excluding steroid dienone is 1. The van der Waals surface area contributed by atoms with Crippen molar-refractivity contribution < 1.29 is 38.1 Å². The number of carbonyl (C=O) groups is 4. The van der Waals surface area contributed by atoms with Crippen molar-refractivity contribution >= 4 is 23.9 Å². The molecule has 0 aromatic heterocycles. The van der Waals surface area contributed by atoms with E-state index in [0.717, 1.165) is 156 Å². The molecule has 5 fully saturated rings. The molecule has 0 aliphatic heterocycles. The second-order valence-corrected chi connectivity index (χ2v) is 26.5. The van der Waals surface area contributed by atoms with Crippen LogP contribution < -0.4 is 4.74 Å². The van der Waals surface area contributed by atoms with Crippen LogP contribution >= 0.6 is 0 Å². The summed E-state index contributed by atoms with van der Waals surface area (Å²) >= 11 is 0. The third-order valence-electron chi connectivity index (χ3n) is 21.1. The Morgan fingerprint density at radius 1 is 0.627 bits per heavy atom. The number of rotatable bonds is 29. The van der Waals surface area contributed by atoms with Gasteiger partial charge in [0.2, 0.25) is 0 Å². The van der Waals surface area contributed by atoms with E-state index in [-0.39, 0.29) is 54.2 Å². The summed E-state index contributed by atoms with van der Waals surface area (Å²) in [5.74, 6) is 6.85. The minimum atomic E-state index is -0.341. The summed E-state index contributed by atoms with van der Waals surface area (Å²) in [6, 6.07) is 6.80. The molecule has 0 radical (unpaired) electrons. The van der Waals surface area contributed by atoms with Gasteiger partial charge >= 0.3 is 23.9 Å². The molecule has 6 aliphatic rings. The number of unbranched alkanes of at least 4 members (excludes halogenated alkanes) is 10. The number of ether oxygens (including phenoxy) is 4. The highest BCUT2D eigenvalue weighted by atomic mass is 16.6. The summed E-state index contributed by atoms with van der Waals surface area (Å²) in [4.78, 5) is 51.1. The van der Waals surface area contributed by atoms with E-state index in [1.807, 2.05) is 0 Å². The molecule has 7 rings (SSSR count). The number of hydrogen-bond acceptors (Lipinski definition) is 8. The first-order valence-corrected chi connectivity index (χ1v) is 31.8. The van der Waals surface area contributed by atoms with Gasteiger partial charge in [0.1, 0.15) is 11.9 Å². The Morgan fingerprint density at radius 2 is 1.27 bits per heavy atom. The maximum atomic E-state index is 13.0. The zero-order valence-corrected chi connectivity index (χ0v) is 48.5. The first kappa shape index (κ1) is 59.5. The largest absolute Gasteiger partial charge is 0.466 e. The van der Waals surface area contributed by atoms with Gasteiger partial charge in [0.05, 0.1) is 37.5 Å². The maximum absolute atomic E-state index is 13.0. The Balaban J connectivity index is 0.655. The molecule has 8 heteroatoms. The van der Waals surface area contributed by atoms with E-state index in [2.05, 4.69) is 47.6 Å². The Labute approximate surface area is 456 Å². The lowest BCUT2D eigenvalue weighted by molar-refractivity contribution is -0.155. The van der Waals surface area contributed by atoms with Crippen molar-refractivity contribution in [2.45, 2.75) is 266 Å². The van der Waals surface area contributed by atoms with Gasteiger partial charge in [-0.05, 0) is 185 Å². The maximum Gasteiger partial charge on any atom is 0.338 e. The molecule has 8 atom stereocenters. The second-order valence-electron chi connectivity index (χ2n) is 26.5. The third kappa shape index (κ3) is 16.9. The summed E-state index contributed by atoms with van der Waals surface area (Å²) in [6.07, 6.45) is 41.0. The van der Waals surface area contributed by atoms with Gasteiger partial charge in [-0.1, -0.05) is 156 Å². The Kier molecular flexibility index (Phi) is 23.6.